The van der Waals surface area contributed by atoms with Crippen LogP contribution in [0.4, 0.5) is 5.00 Å². The second kappa shape index (κ2) is 9.00. The van der Waals surface area contributed by atoms with E-state index in [9.17, 15) is 9.59 Å². The summed E-state index contributed by atoms with van der Waals surface area (Å²) in [7, 11) is 0. The maximum Gasteiger partial charge on any atom is 0.341 e. The number of halogens is 3. The van der Waals surface area contributed by atoms with Crippen molar-refractivity contribution in [3.63, 3.8) is 0 Å². The summed E-state index contributed by atoms with van der Waals surface area (Å²) in [5, 5.41) is 6.32. The van der Waals surface area contributed by atoms with Crippen LogP contribution in [0.25, 0.3) is 0 Å². The van der Waals surface area contributed by atoms with Gasteiger partial charge in [0.05, 0.1) is 12.2 Å². The Labute approximate surface area is 172 Å². The number of thiophene rings is 1. The topological polar surface area (TPSA) is 67.4 Å². The van der Waals surface area contributed by atoms with E-state index in [0.29, 0.717) is 10.6 Å². The number of ether oxygens (including phenoxy) is 1. The average molecular weight is 442 g/mol. The molecule has 0 bridgehead atoms. The second-order valence-electron chi connectivity index (χ2n) is 6.42. The van der Waals surface area contributed by atoms with Crippen molar-refractivity contribution in [1.29, 1.82) is 0 Å². The molecule has 0 saturated heterocycles. The van der Waals surface area contributed by atoms with Crippen LogP contribution in [0, 0.1) is 5.92 Å². The highest BCUT2D eigenvalue weighted by Crippen LogP contribution is 2.40. The molecule has 9 heteroatoms. The van der Waals surface area contributed by atoms with Gasteiger partial charge in [0, 0.05) is 10.8 Å². The van der Waals surface area contributed by atoms with Gasteiger partial charge in [-0.2, -0.15) is 0 Å². The molecule has 1 aromatic heterocycles. The number of hydrogen-bond donors (Lipinski definition) is 2. The number of carbonyl (C=O) groups is 2. The third kappa shape index (κ3) is 5.18. The third-order valence-corrected chi connectivity index (χ3v) is 5.94. The SMILES string of the molecule is CCOC(=O)c1c(N[C@H](NC(=O)C(C)C)C(Cl)(Cl)Cl)sc2c1CCCC2. The van der Waals surface area contributed by atoms with Crippen LogP contribution in [0.15, 0.2) is 0 Å². The normalized spacial score (nSPS) is 15.3. The molecule has 0 aromatic carbocycles. The molecule has 0 aliphatic heterocycles. The van der Waals surface area contributed by atoms with Gasteiger partial charge in [0.15, 0.2) is 0 Å². The van der Waals surface area contributed by atoms with E-state index in [1.807, 2.05) is 0 Å². The van der Waals surface area contributed by atoms with Gasteiger partial charge >= 0.3 is 5.97 Å². The fourth-order valence-corrected chi connectivity index (χ4v) is 4.36. The maximum absolute atomic E-state index is 12.5. The number of nitrogens with one attached hydrogen (secondary N) is 2. The Morgan fingerprint density at radius 2 is 1.88 bits per heavy atom. The summed E-state index contributed by atoms with van der Waals surface area (Å²) in [6, 6.07) is 0. The minimum atomic E-state index is -1.79. The lowest BCUT2D eigenvalue weighted by Gasteiger charge is -2.28. The Balaban J connectivity index is 2.37. The van der Waals surface area contributed by atoms with E-state index >= 15 is 0 Å². The summed E-state index contributed by atoms with van der Waals surface area (Å²) in [5.41, 5.74) is 1.49. The molecule has 0 saturated carbocycles. The highest BCUT2D eigenvalue weighted by atomic mass is 35.6. The van der Waals surface area contributed by atoms with Crippen molar-refractivity contribution in [2.45, 2.75) is 56.4 Å². The average Bonchev–Trinajstić information content (AvgIpc) is 2.91. The van der Waals surface area contributed by atoms with Gasteiger partial charge in [0.1, 0.15) is 11.2 Å². The molecule has 1 aromatic rings. The number of anilines is 1. The van der Waals surface area contributed by atoms with Crippen molar-refractivity contribution in [3.8, 4) is 0 Å². The summed E-state index contributed by atoms with van der Waals surface area (Å²) < 4.78 is 3.43. The van der Waals surface area contributed by atoms with Crippen molar-refractivity contribution in [3.05, 3.63) is 16.0 Å². The van der Waals surface area contributed by atoms with Crippen LogP contribution in [0.3, 0.4) is 0 Å². The predicted molar refractivity (Wildman–Crippen MR) is 108 cm³/mol. The number of alkyl halides is 3. The van der Waals surface area contributed by atoms with E-state index in [1.54, 1.807) is 20.8 Å². The zero-order chi connectivity index (χ0) is 19.5. The van der Waals surface area contributed by atoms with Gasteiger partial charge in [-0.05, 0) is 38.2 Å². The number of hydrogen-bond acceptors (Lipinski definition) is 5. The van der Waals surface area contributed by atoms with Gasteiger partial charge in [0.2, 0.25) is 9.70 Å². The van der Waals surface area contributed by atoms with Crippen LogP contribution in [0.1, 0.15) is 54.4 Å². The molecule has 0 spiro atoms. The van der Waals surface area contributed by atoms with E-state index in [-0.39, 0.29) is 18.4 Å². The minimum Gasteiger partial charge on any atom is -0.462 e. The molecule has 1 heterocycles. The van der Waals surface area contributed by atoms with Gasteiger partial charge < -0.3 is 15.4 Å². The zero-order valence-corrected chi connectivity index (χ0v) is 18.0. The van der Waals surface area contributed by atoms with E-state index in [2.05, 4.69) is 10.6 Å². The van der Waals surface area contributed by atoms with Gasteiger partial charge in [-0.15, -0.1) is 11.3 Å². The highest BCUT2D eigenvalue weighted by molar-refractivity contribution is 7.16. The van der Waals surface area contributed by atoms with E-state index in [1.165, 1.54) is 11.3 Å². The van der Waals surface area contributed by atoms with Crippen LogP contribution in [-0.4, -0.2) is 28.4 Å². The summed E-state index contributed by atoms with van der Waals surface area (Å²) >= 11 is 19.6. The Hall–Kier alpha value is -0.690. The Kier molecular flexibility index (Phi) is 7.48. The van der Waals surface area contributed by atoms with E-state index < -0.39 is 15.9 Å². The number of amides is 1. The molecule has 1 aliphatic rings. The first-order chi connectivity index (χ1) is 12.1. The van der Waals surface area contributed by atoms with Gasteiger partial charge in [-0.1, -0.05) is 48.7 Å². The second-order valence-corrected chi connectivity index (χ2v) is 9.89. The number of esters is 1. The molecule has 5 nitrogen and oxygen atoms in total. The predicted octanol–water partition coefficient (Wildman–Crippen LogP) is 4.68. The molecular formula is C17H23Cl3N2O3S. The van der Waals surface area contributed by atoms with Crippen LogP contribution < -0.4 is 10.6 Å². The Bertz CT molecular complexity index is 671. The fourth-order valence-electron chi connectivity index (χ4n) is 2.73. The van der Waals surface area contributed by atoms with Crippen LogP contribution in [0.2, 0.25) is 0 Å². The van der Waals surface area contributed by atoms with Crippen molar-refractivity contribution in [1.82, 2.24) is 5.32 Å². The van der Waals surface area contributed by atoms with Gasteiger partial charge in [-0.3, -0.25) is 4.79 Å². The molecule has 1 amide bonds. The summed E-state index contributed by atoms with van der Waals surface area (Å²) in [6.45, 7) is 5.54. The lowest BCUT2D eigenvalue weighted by Crippen LogP contribution is -2.50. The fraction of sp³-hybridized carbons (Fsp3) is 0.647. The molecule has 1 aliphatic carbocycles. The van der Waals surface area contributed by atoms with Crippen molar-refractivity contribution in [2.24, 2.45) is 5.92 Å². The number of aryl methyl sites for hydroxylation is 1. The molecule has 1 atom stereocenters. The zero-order valence-electron chi connectivity index (χ0n) is 15.0. The summed E-state index contributed by atoms with van der Waals surface area (Å²) in [5.74, 6) is -0.923. The first kappa shape index (κ1) is 21.6. The van der Waals surface area contributed by atoms with Crippen molar-refractivity contribution >= 4 is 63.0 Å². The molecule has 2 rings (SSSR count). The molecule has 146 valence electrons. The van der Waals surface area contributed by atoms with E-state index in [0.717, 1.165) is 36.1 Å². The van der Waals surface area contributed by atoms with Gasteiger partial charge in [-0.25, -0.2) is 4.79 Å². The molecule has 0 unspecified atom stereocenters. The Morgan fingerprint density at radius 1 is 1.23 bits per heavy atom. The Morgan fingerprint density at radius 3 is 2.46 bits per heavy atom. The lowest BCUT2D eigenvalue weighted by atomic mass is 9.95. The summed E-state index contributed by atoms with van der Waals surface area (Å²) in [4.78, 5) is 25.7. The molecule has 26 heavy (non-hydrogen) atoms. The lowest BCUT2D eigenvalue weighted by molar-refractivity contribution is -0.124. The largest absolute Gasteiger partial charge is 0.462 e. The molecule has 0 radical (unpaired) electrons. The standard InChI is InChI=1S/C17H23Cl3N2O3S/c1-4-25-15(24)12-10-7-5-6-8-11(10)26-14(12)22-16(17(18,19)20)21-13(23)9(2)3/h9,16,22H,4-8H2,1-3H3,(H,21,23)/t16-/m0/s1. The number of rotatable bonds is 6. The smallest absolute Gasteiger partial charge is 0.341 e. The molecular weight excluding hydrogens is 419 g/mol. The first-order valence-corrected chi connectivity index (χ1v) is 10.6. The van der Waals surface area contributed by atoms with Crippen LogP contribution >= 0.6 is 46.1 Å². The highest BCUT2D eigenvalue weighted by Gasteiger charge is 2.37. The number of carbonyl (C=O) groups excluding carboxylic acids is 2. The van der Waals surface area contributed by atoms with Crippen LogP contribution in [0.5, 0.6) is 0 Å². The van der Waals surface area contributed by atoms with Crippen molar-refractivity contribution in [2.75, 3.05) is 11.9 Å². The van der Waals surface area contributed by atoms with Gasteiger partial charge in [0.25, 0.3) is 0 Å². The quantitative estimate of drug-likeness (QED) is 0.382. The minimum absolute atomic E-state index is 0.257. The molecule has 2 N–H and O–H groups in total. The van der Waals surface area contributed by atoms with Crippen LogP contribution in [-0.2, 0) is 22.4 Å². The monoisotopic (exact) mass is 440 g/mol. The molecule has 0 fully saturated rings. The third-order valence-electron chi connectivity index (χ3n) is 4.06. The first-order valence-electron chi connectivity index (χ1n) is 8.60. The maximum atomic E-state index is 12.5. The van der Waals surface area contributed by atoms with E-state index in [4.69, 9.17) is 39.5 Å². The number of fused-ring (bicyclic) bond motifs is 1. The summed E-state index contributed by atoms with van der Waals surface area (Å²) in [6.07, 6.45) is 2.85. The van der Waals surface area contributed by atoms with Crippen molar-refractivity contribution < 1.29 is 14.3 Å².